The van der Waals surface area contributed by atoms with Gasteiger partial charge in [-0.25, -0.2) is 9.59 Å². The van der Waals surface area contributed by atoms with Gasteiger partial charge < -0.3 is 20.8 Å². The third kappa shape index (κ3) is 3.50. The summed E-state index contributed by atoms with van der Waals surface area (Å²) in [7, 11) is 1.76. The molecule has 0 atom stereocenters. The molecular weight excluding hydrogens is 276 g/mol. The van der Waals surface area contributed by atoms with Crippen LogP contribution >= 0.6 is 0 Å². The molecule has 0 fully saturated rings. The lowest BCUT2D eigenvalue weighted by Gasteiger charge is -2.09. The van der Waals surface area contributed by atoms with Crippen molar-refractivity contribution in [3.8, 4) is 5.75 Å². The van der Waals surface area contributed by atoms with Crippen molar-refractivity contribution >= 4 is 17.7 Å². The highest BCUT2D eigenvalue weighted by molar-refractivity contribution is 5.97. The van der Waals surface area contributed by atoms with E-state index < -0.39 is 17.7 Å². The average molecular weight is 290 g/mol. The molecule has 4 N–H and O–H groups in total. The zero-order valence-corrected chi connectivity index (χ0v) is 11.2. The maximum Gasteiger partial charge on any atom is 0.339 e. The van der Waals surface area contributed by atoms with Crippen LogP contribution in [0.5, 0.6) is 5.75 Å². The van der Waals surface area contributed by atoms with Crippen LogP contribution in [0.25, 0.3) is 0 Å². The number of aryl methyl sites for hydroxylation is 1. The Hall–Kier alpha value is -3.03. The van der Waals surface area contributed by atoms with Crippen LogP contribution in [0.15, 0.2) is 30.6 Å². The lowest BCUT2D eigenvalue weighted by molar-refractivity contribution is 0.0693. The Morgan fingerprint density at radius 2 is 2.14 bits per heavy atom. The van der Waals surface area contributed by atoms with Crippen LogP contribution in [0.2, 0.25) is 0 Å². The molecule has 8 heteroatoms. The first-order chi connectivity index (χ1) is 9.97. The van der Waals surface area contributed by atoms with Crippen LogP contribution in [0, 0.1) is 0 Å². The molecule has 0 aliphatic carbocycles. The van der Waals surface area contributed by atoms with Crippen LogP contribution in [-0.4, -0.2) is 32.0 Å². The van der Waals surface area contributed by atoms with E-state index in [2.05, 4.69) is 15.7 Å². The summed E-state index contributed by atoms with van der Waals surface area (Å²) in [5.74, 6) is -1.76. The number of carbonyl (C=O) groups is 2. The molecule has 0 bridgehead atoms. The van der Waals surface area contributed by atoms with E-state index in [4.69, 9.17) is 5.11 Å². The Balaban J connectivity index is 1.99. The van der Waals surface area contributed by atoms with Crippen LogP contribution in [0.1, 0.15) is 15.9 Å². The minimum Gasteiger partial charge on any atom is -0.505 e. The number of hydrogen-bond acceptors (Lipinski definition) is 4. The summed E-state index contributed by atoms with van der Waals surface area (Å²) in [6.07, 6.45) is 3.37. The van der Waals surface area contributed by atoms with Crippen molar-refractivity contribution in [1.82, 2.24) is 15.1 Å². The first-order valence-electron chi connectivity index (χ1n) is 6.05. The molecule has 1 aromatic carbocycles. The normalized spacial score (nSPS) is 10.1. The Labute approximate surface area is 120 Å². The predicted octanol–water partition coefficient (Wildman–Crippen LogP) is 1.15. The second kappa shape index (κ2) is 5.95. The third-order valence-electron chi connectivity index (χ3n) is 2.73. The molecule has 0 saturated carbocycles. The Bertz CT molecular complexity index is 681. The van der Waals surface area contributed by atoms with Gasteiger partial charge in [0.2, 0.25) is 0 Å². The molecule has 110 valence electrons. The quantitative estimate of drug-likeness (QED) is 0.630. The standard InChI is InChI=1S/C13H14N4O4/c1-17-7-8(6-15-17)5-14-13(21)16-10-4-2-3-9(11(10)18)12(19)20/h2-4,6-7,18H,5H2,1H3,(H,19,20)(H2,14,16,21). The second-order valence-corrected chi connectivity index (χ2v) is 4.34. The van der Waals surface area contributed by atoms with Gasteiger partial charge in [-0.1, -0.05) is 6.07 Å². The molecule has 0 unspecified atom stereocenters. The van der Waals surface area contributed by atoms with Crippen molar-refractivity contribution < 1.29 is 19.8 Å². The first kappa shape index (κ1) is 14.4. The van der Waals surface area contributed by atoms with Gasteiger partial charge in [0.25, 0.3) is 0 Å². The topological polar surface area (TPSA) is 116 Å². The molecule has 1 aromatic heterocycles. The van der Waals surface area contributed by atoms with E-state index in [1.54, 1.807) is 24.1 Å². The number of amides is 2. The molecule has 0 radical (unpaired) electrons. The number of nitrogens with zero attached hydrogens (tertiary/aromatic N) is 2. The number of carboxylic acids is 1. The van der Waals surface area contributed by atoms with Gasteiger partial charge in [0.05, 0.1) is 11.9 Å². The number of nitrogens with one attached hydrogen (secondary N) is 2. The summed E-state index contributed by atoms with van der Waals surface area (Å²) >= 11 is 0. The molecule has 0 spiro atoms. The predicted molar refractivity (Wildman–Crippen MR) is 74.1 cm³/mol. The van der Waals surface area contributed by atoms with Gasteiger partial charge in [-0.05, 0) is 12.1 Å². The number of aromatic nitrogens is 2. The number of aromatic hydroxyl groups is 1. The SMILES string of the molecule is Cn1cc(CNC(=O)Nc2cccc(C(=O)O)c2O)cn1. The van der Waals surface area contributed by atoms with Gasteiger partial charge in [0.1, 0.15) is 5.56 Å². The highest BCUT2D eigenvalue weighted by atomic mass is 16.4. The summed E-state index contributed by atoms with van der Waals surface area (Å²) in [5.41, 5.74) is 0.565. The fraction of sp³-hybridized carbons (Fsp3) is 0.154. The number of urea groups is 1. The van der Waals surface area contributed by atoms with Gasteiger partial charge in [0.15, 0.2) is 5.75 Å². The number of phenols is 1. The van der Waals surface area contributed by atoms with Crippen molar-refractivity contribution in [2.75, 3.05) is 5.32 Å². The van der Waals surface area contributed by atoms with Crippen LogP contribution < -0.4 is 10.6 Å². The van der Waals surface area contributed by atoms with E-state index in [-0.39, 0.29) is 17.8 Å². The molecule has 8 nitrogen and oxygen atoms in total. The van der Waals surface area contributed by atoms with E-state index in [9.17, 15) is 14.7 Å². The Morgan fingerprint density at radius 3 is 2.76 bits per heavy atom. The van der Waals surface area contributed by atoms with Gasteiger partial charge in [-0.15, -0.1) is 0 Å². The molecule has 21 heavy (non-hydrogen) atoms. The summed E-state index contributed by atoms with van der Waals surface area (Å²) in [6, 6.07) is 3.53. The van der Waals surface area contributed by atoms with Crippen molar-refractivity contribution in [1.29, 1.82) is 0 Å². The molecule has 2 aromatic rings. The van der Waals surface area contributed by atoms with Crippen LogP contribution in [-0.2, 0) is 13.6 Å². The second-order valence-electron chi connectivity index (χ2n) is 4.34. The highest BCUT2D eigenvalue weighted by Gasteiger charge is 2.14. The zero-order chi connectivity index (χ0) is 15.4. The average Bonchev–Trinajstić information content (AvgIpc) is 2.84. The number of hydrogen-bond donors (Lipinski definition) is 4. The van der Waals surface area contributed by atoms with E-state index in [1.807, 2.05) is 0 Å². The maximum absolute atomic E-state index is 11.7. The number of anilines is 1. The minimum atomic E-state index is -1.27. The van der Waals surface area contributed by atoms with Crippen molar-refractivity contribution in [2.24, 2.45) is 7.05 Å². The summed E-state index contributed by atoms with van der Waals surface area (Å²) in [4.78, 5) is 22.6. The molecule has 0 saturated heterocycles. The molecule has 0 aliphatic heterocycles. The number of carbonyl (C=O) groups excluding carboxylic acids is 1. The van der Waals surface area contributed by atoms with E-state index in [1.165, 1.54) is 18.2 Å². The molecular formula is C13H14N4O4. The molecule has 1 heterocycles. The number of carboxylic acid groups (broad SMARTS) is 1. The maximum atomic E-state index is 11.7. The summed E-state index contributed by atoms with van der Waals surface area (Å²) in [6.45, 7) is 0.263. The van der Waals surface area contributed by atoms with E-state index in [0.717, 1.165) is 5.56 Å². The molecule has 0 aliphatic rings. The fourth-order valence-electron chi connectivity index (χ4n) is 1.73. The summed E-state index contributed by atoms with van der Waals surface area (Å²) < 4.78 is 1.61. The van der Waals surface area contributed by atoms with Gasteiger partial charge >= 0.3 is 12.0 Å². The van der Waals surface area contributed by atoms with Crippen molar-refractivity contribution in [3.05, 3.63) is 41.7 Å². The monoisotopic (exact) mass is 290 g/mol. The van der Waals surface area contributed by atoms with Gasteiger partial charge in [0, 0.05) is 25.4 Å². The Kier molecular flexibility index (Phi) is 4.07. The number of aromatic carboxylic acids is 1. The van der Waals surface area contributed by atoms with Gasteiger partial charge in [-0.2, -0.15) is 5.10 Å². The van der Waals surface area contributed by atoms with Crippen molar-refractivity contribution in [3.63, 3.8) is 0 Å². The number of benzene rings is 1. The summed E-state index contributed by atoms with van der Waals surface area (Å²) in [5, 5.41) is 27.6. The minimum absolute atomic E-state index is 0.0265. The zero-order valence-electron chi connectivity index (χ0n) is 11.2. The van der Waals surface area contributed by atoms with Crippen LogP contribution in [0.3, 0.4) is 0 Å². The van der Waals surface area contributed by atoms with E-state index in [0.29, 0.717) is 0 Å². The van der Waals surface area contributed by atoms with Crippen LogP contribution in [0.4, 0.5) is 10.5 Å². The fourth-order valence-corrected chi connectivity index (χ4v) is 1.73. The number of rotatable bonds is 4. The Morgan fingerprint density at radius 1 is 1.38 bits per heavy atom. The lowest BCUT2D eigenvalue weighted by atomic mass is 10.1. The van der Waals surface area contributed by atoms with Crippen molar-refractivity contribution in [2.45, 2.75) is 6.54 Å². The highest BCUT2D eigenvalue weighted by Crippen LogP contribution is 2.27. The largest absolute Gasteiger partial charge is 0.505 e. The third-order valence-corrected chi connectivity index (χ3v) is 2.73. The first-order valence-corrected chi connectivity index (χ1v) is 6.05. The molecule has 2 rings (SSSR count). The van der Waals surface area contributed by atoms with E-state index >= 15 is 0 Å². The lowest BCUT2D eigenvalue weighted by Crippen LogP contribution is -2.28. The van der Waals surface area contributed by atoms with Gasteiger partial charge in [-0.3, -0.25) is 4.68 Å². The molecule has 2 amide bonds. The smallest absolute Gasteiger partial charge is 0.339 e. The number of para-hydroxylation sites is 1.